The molecule has 19 heavy (non-hydrogen) atoms. The number of alkyl halides is 2. The number of nitrogens with two attached hydrogens (primary N) is 1. The van der Waals surface area contributed by atoms with Gasteiger partial charge >= 0.3 is 6.09 Å². The molecule has 8 heteroatoms. The first-order valence-electron chi connectivity index (χ1n) is 5.62. The number of pyridine rings is 1. The van der Waals surface area contributed by atoms with Crippen LogP contribution in [0.1, 0.15) is 18.4 Å². The Morgan fingerprint density at radius 3 is 2.95 bits per heavy atom. The first-order chi connectivity index (χ1) is 8.97. The van der Waals surface area contributed by atoms with Crippen molar-refractivity contribution in [1.29, 1.82) is 0 Å². The van der Waals surface area contributed by atoms with Crippen molar-refractivity contribution >= 4 is 23.5 Å². The first kappa shape index (κ1) is 13.8. The predicted molar refractivity (Wildman–Crippen MR) is 65.5 cm³/mol. The Balaban J connectivity index is 2.09. The molecule has 0 aromatic carbocycles. The maximum atomic E-state index is 12.5. The van der Waals surface area contributed by atoms with Gasteiger partial charge in [-0.3, -0.25) is 0 Å². The second-order valence-electron chi connectivity index (χ2n) is 4.17. The van der Waals surface area contributed by atoms with E-state index in [0.717, 1.165) is 6.20 Å². The molecule has 2 N–H and O–H groups in total. The molecule has 5 nitrogen and oxygen atoms in total. The highest BCUT2D eigenvalue weighted by Gasteiger charge is 2.27. The number of carbonyl (C=O) groups excluding carboxylic acids is 1. The standard InChI is InChI=1S/C11H12ClF2N3O2/c12-8-3-6(9(13)14)4-16-10(8)17-2-1-7(5-17)19-11(15)18/h3-4,7,9H,1-2,5H2,(H2,15,18)/t7-/m1/s1. The van der Waals surface area contributed by atoms with E-state index in [1.54, 1.807) is 4.90 Å². The van der Waals surface area contributed by atoms with Gasteiger partial charge in [0.05, 0.1) is 11.6 Å². The summed E-state index contributed by atoms with van der Waals surface area (Å²) in [7, 11) is 0. The Kier molecular flexibility index (Phi) is 4.04. The van der Waals surface area contributed by atoms with Crippen molar-refractivity contribution in [2.24, 2.45) is 5.73 Å². The molecule has 1 saturated heterocycles. The van der Waals surface area contributed by atoms with Gasteiger partial charge in [0.1, 0.15) is 11.9 Å². The van der Waals surface area contributed by atoms with Gasteiger partial charge in [-0.2, -0.15) is 0 Å². The van der Waals surface area contributed by atoms with E-state index >= 15 is 0 Å². The lowest BCUT2D eigenvalue weighted by atomic mass is 10.3. The van der Waals surface area contributed by atoms with Crippen LogP contribution in [0.15, 0.2) is 12.3 Å². The first-order valence-corrected chi connectivity index (χ1v) is 6.00. The minimum Gasteiger partial charge on any atom is -0.444 e. The lowest BCUT2D eigenvalue weighted by Gasteiger charge is -2.18. The number of amides is 1. The molecule has 1 aromatic rings. The normalized spacial score (nSPS) is 18.9. The highest BCUT2D eigenvalue weighted by molar-refractivity contribution is 6.33. The van der Waals surface area contributed by atoms with Crippen LogP contribution in [-0.4, -0.2) is 30.3 Å². The average molecular weight is 292 g/mol. The topological polar surface area (TPSA) is 68.5 Å². The van der Waals surface area contributed by atoms with Crippen LogP contribution >= 0.6 is 11.6 Å². The number of ether oxygens (including phenoxy) is 1. The van der Waals surface area contributed by atoms with E-state index in [4.69, 9.17) is 22.1 Å². The van der Waals surface area contributed by atoms with Crippen LogP contribution in [0, 0.1) is 0 Å². The van der Waals surface area contributed by atoms with E-state index < -0.39 is 12.5 Å². The number of nitrogens with zero attached hydrogens (tertiary/aromatic N) is 2. The highest BCUT2D eigenvalue weighted by Crippen LogP contribution is 2.30. The fraction of sp³-hybridized carbons (Fsp3) is 0.455. The largest absolute Gasteiger partial charge is 0.444 e. The molecule has 1 aliphatic rings. The summed E-state index contributed by atoms with van der Waals surface area (Å²) in [5.74, 6) is 0.404. The van der Waals surface area contributed by atoms with Crippen molar-refractivity contribution < 1.29 is 18.3 Å². The molecule has 1 fully saturated rings. The Bertz CT molecular complexity index is 487. The van der Waals surface area contributed by atoms with E-state index in [-0.39, 0.29) is 16.7 Å². The van der Waals surface area contributed by atoms with E-state index in [0.29, 0.717) is 25.3 Å². The molecule has 0 spiro atoms. The maximum Gasteiger partial charge on any atom is 0.404 e. The third-order valence-electron chi connectivity index (χ3n) is 2.82. The van der Waals surface area contributed by atoms with Crippen LogP contribution in [-0.2, 0) is 4.74 Å². The van der Waals surface area contributed by atoms with E-state index in [1.807, 2.05) is 0 Å². The van der Waals surface area contributed by atoms with Crippen LogP contribution in [0.25, 0.3) is 0 Å². The molecule has 0 aliphatic carbocycles. The summed E-state index contributed by atoms with van der Waals surface area (Å²) < 4.78 is 29.8. The molecular weight excluding hydrogens is 280 g/mol. The fourth-order valence-electron chi connectivity index (χ4n) is 1.98. The number of hydrogen-bond acceptors (Lipinski definition) is 4. The molecule has 1 atom stereocenters. The van der Waals surface area contributed by atoms with E-state index in [2.05, 4.69) is 4.98 Å². The Morgan fingerprint density at radius 2 is 2.37 bits per heavy atom. The van der Waals surface area contributed by atoms with Gasteiger partial charge in [0, 0.05) is 24.7 Å². The molecule has 1 aliphatic heterocycles. The zero-order chi connectivity index (χ0) is 14.0. The summed E-state index contributed by atoms with van der Waals surface area (Å²) in [6, 6.07) is 1.19. The van der Waals surface area contributed by atoms with Gasteiger partial charge in [0.15, 0.2) is 0 Å². The van der Waals surface area contributed by atoms with Crippen LogP contribution in [0.3, 0.4) is 0 Å². The average Bonchev–Trinajstić information content (AvgIpc) is 2.76. The molecule has 0 saturated carbocycles. The zero-order valence-corrected chi connectivity index (χ0v) is 10.6. The van der Waals surface area contributed by atoms with E-state index in [9.17, 15) is 13.6 Å². The summed E-state index contributed by atoms with van der Waals surface area (Å²) in [6.45, 7) is 0.961. The molecule has 1 aromatic heterocycles. The zero-order valence-electron chi connectivity index (χ0n) is 9.85. The molecule has 2 rings (SSSR count). The van der Waals surface area contributed by atoms with Gasteiger partial charge in [0.25, 0.3) is 6.43 Å². The number of primary amides is 1. The second kappa shape index (κ2) is 5.56. The Morgan fingerprint density at radius 1 is 1.63 bits per heavy atom. The van der Waals surface area contributed by atoms with Crippen molar-refractivity contribution in [1.82, 2.24) is 4.98 Å². The maximum absolute atomic E-state index is 12.5. The van der Waals surface area contributed by atoms with Crippen molar-refractivity contribution in [3.63, 3.8) is 0 Å². The molecular formula is C11H12ClF2N3O2. The van der Waals surface area contributed by atoms with Gasteiger partial charge in [-0.25, -0.2) is 18.6 Å². The summed E-state index contributed by atoms with van der Waals surface area (Å²) >= 11 is 5.94. The summed E-state index contributed by atoms with van der Waals surface area (Å²) in [4.78, 5) is 16.3. The predicted octanol–water partition coefficient (Wildman–Crippen LogP) is 2.35. The SMILES string of the molecule is NC(=O)O[C@@H]1CCN(c2ncc(C(F)F)cc2Cl)C1. The van der Waals surface area contributed by atoms with Gasteiger partial charge in [-0.1, -0.05) is 11.6 Å². The molecule has 2 heterocycles. The van der Waals surface area contributed by atoms with Crippen molar-refractivity contribution in [2.75, 3.05) is 18.0 Å². The smallest absolute Gasteiger partial charge is 0.404 e. The lowest BCUT2D eigenvalue weighted by Crippen LogP contribution is -2.27. The number of halogens is 3. The van der Waals surface area contributed by atoms with Gasteiger partial charge in [-0.05, 0) is 6.07 Å². The molecule has 0 radical (unpaired) electrons. The molecule has 1 amide bonds. The molecule has 104 valence electrons. The van der Waals surface area contributed by atoms with Crippen LogP contribution < -0.4 is 10.6 Å². The lowest BCUT2D eigenvalue weighted by molar-refractivity contribution is 0.117. The number of rotatable bonds is 3. The Hall–Kier alpha value is -1.63. The van der Waals surface area contributed by atoms with Crippen LogP contribution in [0.5, 0.6) is 0 Å². The number of carbonyl (C=O) groups is 1. The quantitative estimate of drug-likeness (QED) is 0.928. The van der Waals surface area contributed by atoms with Gasteiger partial charge < -0.3 is 15.4 Å². The van der Waals surface area contributed by atoms with E-state index in [1.165, 1.54) is 6.07 Å². The van der Waals surface area contributed by atoms with Crippen LogP contribution in [0.4, 0.5) is 19.4 Å². The summed E-state index contributed by atoms with van der Waals surface area (Å²) in [5, 5.41) is 0.150. The number of anilines is 1. The van der Waals surface area contributed by atoms with Gasteiger partial charge in [0.2, 0.25) is 0 Å². The van der Waals surface area contributed by atoms with Crippen molar-refractivity contribution in [2.45, 2.75) is 19.0 Å². The number of hydrogen-bond donors (Lipinski definition) is 1. The molecule has 0 bridgehead atoms. The van der Waals surface area contributed by atoms with Crippen molar-refractivity contribution in [3.8, 4) is 0 Å². The monoisotopic (exact) mass is 291 g/mol. The highest BCUT2D eigenvalue weighted by atomic mass is 35.5. The van der Waals surface area contributed by atoms with Gasteiger partial charge in [-0.15, -0.1) is 0 Å². The third kappa shape index (κ3) is 3.23. The summed E-state index contributed by atoms with van der Waals surface area (Å²) in [5.41, 5.74) is 4.71. The van der Waals surface area contributed by atoms with Crippen LogP contribution in [0.2, 0.25) is 5.02 Å². The minimum atomic E-state index is -2.61. The Labute approximate surface area is 113 Å². The molecule has 0 unspecified atom stereocenters. The minimum absolute atomic E-state index is 0.150. The third-order valence-corrected chi connectivity index (χ3v) is 3.10. The summed E-state index contributed by atoms with van der Waals surface area (Å²) in [6.07, 6.45) is -2.08. The fourth-order valence-corrected chi connectivity index (χ4v) is 2.27. The number of aromatic nitrogens is 1. The van der Waals surface area contributed by atoms with Crippen molar-refractivity contribution in [3.05, 3.63) is 22.8 Å². The second-order valence-corrected chi connectivity index (χ2v) is 4.58.